The van der Waals surface area contributed by atoms with E-state index in [1.54, 1.807) is 14.0 Å². The number of benzene rings is 2. The van der Waals surface area contributed by atoms with Crippen LogP contribution in [-0.2, 0) is 29.2 Å². The maximum absolute atomic E-state index is 12.4. The van der Waals surface area contributed by atoms with Gasteiger partial charge in [-0.1, -0.05) is 36.4 Å². The lowest BCUT2D eigenvalue weighted by molar-refractivity contribution is -0.132. The lowest BCUT2D eigenvalue weighted by Crippen LogP contribution is -2.43. The summed E-state index contributed by atoms with van der Waals surface area (Å²) in [6.45, 7) is 8.02. The second-order valence-corrected chi connectivity index (χ2v) is 7.92. The SMILES string of the molecule is COc1cccc(COC(C)C(=O)NCc2cccc(CN3CCN(C)CC3)c2)c1. The summed E-state index contributed by atoms with van der Waals surface area (Å²) in [7, 11) is 3.80. The normalized spacial score (nSPS) is 16.2. The second-order valence-electron chi connectivity index (χ2n) is 7.92. The van der Waals surface area contributed by atoms with E-state index in [0.29, 0.717) is 13.2 Å². The van der Waals surface area contributed by atoms with Gasteiger partial charge in [0.05, 0.1) is 13.7 Å². The molecule has 0 spiro atoms. The van der Waals surface area contributed by atoms with E-state index in [2.05, 4.69) is 46.4 Å². The zero-order valence-corrected chi connectivity index (χ0v) is 18.3. The molecule has 1 unspecified atom stereocenters. The Morgan fingerprint density at radius 2 is 1.73 bits per heavy atom. The molecule has 6 nitrogen and oxygen atoms in total. The molecule has 1 atom stereocenters. The molecule has 1 N–H and O–H groups in total. The molecule has 0 bridgehead atoms. The lowest BCUT2D eigenvalue weighted by Gasteiger charge is -2.32. The summed E-state index contributed by atoms with van der Waals surface area (Å²) in [5.41, 5.74) is 3.37. The summed E-state index contributed by atoms with van der Waals surface area (Å²) in [4.78, 5) is 17.3. The number of carbonyl (C=O) groups is 1. The minimum Gasteiger partial charge on any atom is -0.497 e. The van der Waals surface area contributed by atoms with Crippen LogP contribution in [0, 0.1) is 0 Å². The van der Waals surface area contributed by atoms with Gasteiger partial charge in [-0.05, 0) is 42.8 Å². The number of piperazine rings is 1. The molecular formula is C24H33N3O3. The van der Waals surface area contributed by atoms with E-state index < -0.39 is 6.10 Å². The molecule has 162 valence electrons. The van der Waals surface area contributed by atoms with Gasteiger partial charge in [0, 0.05) is 39.3 Å². The molecule has 1 saturated heterocycles. The van der Waals surface area contributed by atoms with Crippen molar-refractivity contribution in [1.82, 2.24) is 15.1 Å². The third-order valence-electron chi connectivity index (χ3n) is 5.46. The van der Waals surface area contributed by atoms with Crippen LogP contribution < -0.4 is 10.1 Å². The Kier molecular flexibility index (Phi) is 8.25. The Morgan fingerprint density at radius 3 is 2.50 bits per heavy atom. The highest BCUT2D eigenvalue weighted by Gasteiger charge is 2.15. The number of rotatable bonds is 9. The van der Waals surface area contributed by atoms with Crippen molar-refractivity contribution < 1.29 is 14.3 Å². The molecule has 0 aromatic heterocycles. The van der Waals surface area contributed by atoms with E-state index >= 15 is 0 Å². The Labute approximate surface area is 179 Å². The predicted molar refractivity (Wildman–Crippen MR) is 118 cm³/mol. The third kappa shape index (κ3) is 6.83. The standard InChI is InChI=1S/C24H33N3O3/c1-19(30-18-22-8-5-9-23(15-22)29-3)24(28)25-16-20-6-4-7-21(14-20)17-27-12-10-26(2)11-13-27/h4-9,14-15,19H,10-13,16-18H2,1-3H3,(H,25,28). The molecule has 1 heterocycles. The number of methoxy groups -OCH3 is 1. The number of likely N-dealkylation sites (N-methyl/N-ethyl adjacent to an activating group) is 1. The van der Waals surface area contributed by atoms with Gasteiger partial charge in [0.25, 0.3) is 0 Å². The first kappa shape index (κ1) is 22.3. The quantitative estimate of drug-likeness (QED) is 0.688. The fourth-order valence-corrected chi connectivity index (χ4v) is 3.49. The van der Waals surface area contributed by atoms with Crippen molar-refractivity contribution in [2.75, 3.05) is 40.3 Å². The van der Waals surface area contributed by atoms with Gasteiger partial charge in [-0.15, -0.1) is 0 Å². The lowest BCUT2D eigenvalue weighted by atomic mass is 10.1. The highest BCUT2D eigenvalue weighted by molar-refractivity contribution is 5.80. The van der Waals surface area contributed by atoms with Crippen LogP contribution in [0.4, 0.5) is 0 Å². The van der Waals surface area contributed by atoms with Crippen LogP contribution in [0.15, 0.2) is 48.5 Å². The molecule has 2 aromatic rings. The van der Waals surface area contributed by atoms with Gasteiger partial charge in [-0.25, -0.2) is 0 Å². The van der Waals surface area contributed by atoms with Crippen molar-refractivity contribution in [2.24, 2.45) is 0 Å². The van der Waals surface area contributed by atoms with Crippen molar-refractivity contribution in [2.45, 2.75) is 32.7 Å². The summed E-state index contributed by atoms with van der Waals surface area (Å²) in [5.74, 6) is 0.673. The minimum absolute atomic E-state index is 0.109. The molecule has 1 aliphatic heterocycles. The first-order valence-electron chi connectivity index (χ1n) is 10.5. The Hall–Kier alpha value is -2.41. The van der Waals surface area contributed by atoms with E-state index in [0.717, 1.165) is 49.6 Å². The molecule has 1 fully saturated rings. The highest BCUT2D eigenvalue weighted by atomic mass is 16.5. The topological polar surface area (TPSA) is 54.0 Å². The first-order chi connectivity index (χ1) is 14.5. The average Bonchev–Trinajstić information content (AvgIpc) is 2.77. The molecular weight excluding hydrogens is 378 g/mol. The summed E-state index contributed by atoms with van der Waals surface area (Å²) < 4.78 is 11.0. The van der Waals surface area contributed by atoms with Crippen molar-refractivity contribution in [3.8, 4) is 5.75 Å². The summed E-state index contributed by atoms with van der Waals surface area (Å²) in [5, 5.41) is 2.99. The highest BCUT2D eigenvalue weighted by Crippen LogP contribution is 2.14. The van der Waals surface area contributed by atoms with E-state index in [1.165, 1.54) is 5.56 Å². The molecule has 6 heteroatoms. The zero-order valence-electron chi connectivity index (χ0n) is 18.3. The van der Waals surface area contributed by atoms with Gasteiger partial charge in [0.15, 0.2) is 0 Å². The molecule has 3 rings (SSSR count). The Bertz CT molecular complexity index is 819. The zero-order chi connectivity index (χ0) is 21.3. The smallest absolute Gasteiger partial charge is 0.249 e. The van der Waals surface area contributed by atoms with Crippen molar-refractivity contribution in [3.05, 3.63) is 65.2 Å². The molecule has 0 radical (unpaired) electrons. The van der Waals surface area contributed by atoms with Crippen molar-refractivity contribution in [1.29, 1.82) is 0 Å². The maximum atomic E-state index is 12.4. The van der Waals surface area contributed by atoms with Gasteiger partial charge in [-0.2, -0.15) is 0 Å². The van der Waals surface area contributed by atoms with E-state index in [4.69, 9.17) is 9.47 Å². The van der Waals surface area contributed by atoms with Crippen LogP contribution >= 0.6 is 0 Å². The number of hydrogen-bond donors (Lipinski definition) is 1. The number of hydrogen-bond acceptors (Lipinski definition) is 5. The van der Waals surface area contributed by atoms with Crippen LogP contribution in [0.3, 0.4) is 0 Å². The summed E-state index contributed by atoms with van der Waals surface area (Å²) in [6.07, 6.45) is -0.523. The Morgan fingerprint density at radius 1 is 1.03 bits per heavy atom. The molecule has 30 heavy (non-hydrogen) atoms. The number of nitrogens with one attached hydrogen (secondary N) is 1. The molecule has 0 aliphatic carbocycles. The monoisotopic (exact) mass is 411 g/mol. The van der Waals surface area contributed by atoms with Gasteiger partial charge in [-0.3, -0.25) is 9.69 Å². The number of ether oxygens (including phenoxy) is 2. The van der Waals surface area contributed by atoms with E-state index in [9.17, 15) is 4.79 Å². The van der Waals surface area contributed by atoms with Gasteiger partial charge >= 0.3 is 0 Å². The third-order valence-corrected chi connectivity index (χ3v) is 5.46. The second kappa shape index (κ2) is 11.1. The summed E-state index contributed by atoms with van der Waals surface area (Å²) in [6, 6.07) is 16.1. The maximum Gasteiger partial charge on any atom is 0.249 e. The average molecular weight is 412 g/mol. The number of carbonyl (C=O) groups excluding carboxylic acids is 1. The fraction of sp³-hybridized carbons (Fsp3) is 0.458. The number of nitrogens with zero attached hydrogens (tertiary/aromatic N) is 2. The van der Waals surface area contributed by atoms with Crippen molar-refractivity contribution in [3.63, 3.8) is 0 Å². The van der Waals surface area contributed by atoms with Crippen LogP contribution in [0.25, 0.3) is 0 Å². The molecule has 0 saturated carbocycles. The van der Waals surface area contributed by atoms with Crippen LogP contribution in [0.2, 0.25) is 0 Å². The minimum atomic E-state index is -0.523. The van der Waals surface area contributed by atoms with E-state index in [1.807, 2.05) is 24.3 Å². The molecule has 2 aromatic carbocycles. The predicted octanol–water partition coefficient (Wildman–Crippen LogP) is 2.66. The van der Waals surface area contributed by atoms with Crippen LogP contribution in [0.1, 0.15) is 23.6 Å². The van der Waals surface area contributed by atoms with Crippen LogP contribution in [0.5, 0.6) is 5.75 Å². The fourth-order valence-electron chi connectivity index (χ4n) is 3.49. The van der Waals surface area contributed by atoms with Gasteiger partial charge < -0.3 is 19.7 Å². The molecule has 1 amide bonds. The largest absolute Gasteiger partial charge is 0.497 e. The Balaban J connectivity index is 1.44. The van der Waals surface area contributed by atoms with Gasteiger partial charge in [0.2, 0.25) is 5.91 Å². The summed E-state index contributed by atoms with van der Waals surface area (Å²) >= 11 is 0. The van der Waals surface area contributed by atoms with Gasteiger partial charge in [0.1, 0.15) is 11.9 Å². The van der Waals surface area contributed by atoms with E-state index in [-0.39, 0.29) is 5.91 Å². The van der Waals surface area contributed by atoms with Crippen molar-refractivity contribution >= 4 is 5.91 Å². The first-order valence-corrected chi connectivity index (χ1v) is 10.5. The molecule has 1 aliphatic rings. The van der Waals surface area contributed by atoms with Crippen LogP contribution in [-0.4, -0.2) is 62.1 Å². The number of amides is 1.